The highest BCUT2D eigenvalue weighted by Crippen LogP contribution is 2.37. The lowest BCUT2D eigenvalue weighted by molar-refractivity contribution is 0.653. The Balaban J connectivity index is 0.994. The van der Waals surface area contributed by atoms with Crippen LogP contribution in [0, 0.1) is 26.7 Å². The summed E-state index contributed by atoms with van der Waals surface area (Å²) in [6.07, 6.45) is 22.3. The van der Waals surface area contributed by atoms with Crippen LogP contribution in [-0.4, -0.2) is 6.04 Å². The summed E-state index contributed by atoms with van der Waals surface area (Å²) in [5.41, 5.74) is 16.2. The number of hydrogen-bond donors (Lipinski definition) is 0. The third-order valence-electron chi connectivity index (χ3n) is 10.5. The second-order valence-electron chi connectivity index (χ2n) is 14.7. The van der Waals surface area contributed by atoms with Gasteiger partial charge in [0, 0.05) is 28.4 Å². The molecular weight excluding hydrogens is 641 g/mol. The van der Waals surface area contributed by atoms with Crippen molar-refractivity contribution >= 4 is 41.0 Å². The minimum Gasteiger partial charge on any atom is -0.334 e. The first-order chi connectivity index (χ1) is 25.8. The molecule has 53 heavy (non-hydrogen) atoms. The maximum absolute atomic E-state index is 2.45. The van der Waals surface area contributed by atoms with Crippen LogP contribution in [0.1, 0.15) is 60.1 Å². The van der Waals surface area contributed by atoms with Crippen LogP contribution in [0.2, 0.25) is 0 Å². The lowest BCUT2D eigenvalue weighted by atomic mass is 9.91. The van der Waals surface area contributed by atoms with Gasteiger partial charge in [-0.1, -0.05) is 151 Å². The van der Waals surface area contributed by atoms with Crippen molar-refractivity contribution in [3.63, 3.8) is 0 Å². The molecule has 2 aliphatic rings. The fraction of sp³-hybridized carbons (Fsp3) is 0.176. The Bertz CT molecular complexity index is 2140. The lowest BCUT2D eigenvalue weighted by Crippen LogP contribution is -2.30. The molecular formula is C51H50N2. The zero-order valence-electron chi connectivity index (χ0n) is 31.7. The lowest BCUT2D eigenvalue weighted by Gasteiger charge is -2.33. The maximum Gasteiger partial charge on any atom is 0.0560 e. The molecule has 0 bridgehead atoms. The second kappa shape index (κ2) is 16.2. The Morgan fingerprint density at radius 2 is 0.943 bits per heavy atom. The summed E-state index contributed by atoms with van der Waals surface area (Å²) in [5.74, 6) is 0.534. The summed E-state index contributed by atoms with van der Waals surface area (Å²) in [7, 11) is 0. The van der Waals surface area contributed by atoms with Crippen molar-refractivity contribution in [1.82, 2.24) is 0 Å². The van der Waals surface area contributed by atoms with Crippen LogP contribution in [0.15, 0.2) is 175 Å². The van der Waals surface area contributed by atoms with Crippen LogP contribution in [0.25, 0.3) is 18.2 Å². The fourth-order valence-corrected chi connectivity index (χ4v) is 7.00. The molecule has 0 saturated heterocycles. The molecule has 0 radical (unpaired) electrons. The third-order valence-corrected chi connectivity index (χ3v) is 10.5. The van der Waals surface area contributed by atoms with Crippen LogP contribution in [0.3, 0.4) is 0 Å². The van der Waals surface area contributed by atoms with Gasteiger partial charge in [-0.3, -0.25) is 0 Å². The molecule has 0 saturated carbocycles. The Morgan fingerprint density at radius 3 is 1.40 bits per heavy atom. The van der Waals surface area contributed by atoms with Crippen molar-refractivity contribution in [1.29, 1.82) is 0 Å². The van der Waals surface area contributed by atoms with Crippen molar-refractivity contribution < 1.29 is 0 Å². The van der Waals surface area contributed by atoms with Gasteiger partial charge >= 0.3 is 0 Å². The number of benzene rings is 5. The second-order valence-corrected chi connectivity index (χ2v) is 14.7. The molecule has 0 heterocycles. The molecule has 2 atom stereocenters. The molecule has 0 aliphatic heterocycles. The Kier molecular flexibility index (Phi) is 10.9. The number of nitrogens with zero attached hydrogens (tertiary/aromatic N) is 2. The Labute approximate surface area is 317 Å². The molecule has 2 unspecified atom stereocenters. The van der Waals surface area contributed by atoms with Crippen LogP contribution >= 0.6 is 0 Å². The molecule has 0 fully saturated rings. The zero-order chi connectivity index (χ0) is 36.7. The van der Waals surface area contributed by atoms with E-state index in [2.05, 4.69) is 220 Å². The summed E-state index contributed by atoms with van der Waals surface area (Å²) < 4.78 is 0. The minimum atomic E-state index is 0.256. The summed E-state index contributed by atoms with van der Waals surface area (Å²) in [4.78, 5) is 4.85. The highest BCUT2D eigenvalue weighted by Gasteiger charge is 2.21. The van der Waals surface area contributed by atoms with Gasteiger partial charge in [0.05, 0.1) is 6.04 Å². The van der Waals surface area contributed by atoms with E-state index in [1.54, 1.807) is 0 Å². The first-order valence-electron chi connectivity index (χ1n) is 18.9. The predicted molar refractivity (Wildman–Crippen MR) is 230 cm³/mol. The third kappa shape index (κ3) is 8.79. The van der Waals surface area contributed by atoms with E-state index in [4.69, 9.17) is 0 Å². The van der Waals surface area contributed by atoms with E-state index in [1.165, 1.54) is 73.0 Å². The van der Waals surface area contributed by atoms with Gasteiger partial charge in [-0.05, 0) is 123 Å². The predicted octanol–water partition coefficient (Wildman–Crippen LogP) is 13.9. The molecule has 264 valence electrons. The van der Waals surface area contributed by atoms with Crippen molar-refractivity contribution in [2.45, 2.75) is 53.5 Å². The monoisotopic (exact) mass is 690 g/mol. The van der Waals surface area contributed by atoms with Crippen molar-refractivity contribution in [3.8, 4) is 0 Å². The van der Waals surface area contributed by atoms with Gasteiger partial charge < -0.3 is 9.80 Å². The van der Waals surface area contributed by atoms with Gasteiger partial charge in [-0.25, -0.2) is 0 Å². The molecule has 2 heteroatoms. The summed E-state index contributed by atoms with van der Waals surface area (Å²) in [6, 6.07) is 44.5. The Hall–Kier alpha value is -5.86. The van der Waals surface area contributed by atoms with Gasteiger partial charge in [0.2, 0.25) is 0 Å². The van der Waals surface area contributed by atoms with E-state index >= 15 is 0 Å². The van der Waals surface area contributed by atoms with E-state index in [0.717, 1.165) is 12.8 Å². The smallest absolute Gasteiger partial charge is 0.0560 e. The van der Waals surface area contributed by atoms with E-state index in [0.29, 0.717) is 5.92 Å². The number of rotatable bonds is 10. The van der Waals surface area contributed by atoms with E-state index in [1.807, 2.05) is 0 Å². The highest BCUT2D eigenvalue weighted by atomic mass is 15.2. The SMILES string of the molecule is CC1=CC=C(N(c2ccc(C)cc2)c2ccc(C=Cc3ccc(C=CC4=CCC(N(c5ccc(C)cc5)c5ccc(C)cc5)C=C4)cc3)cc2)CC1C. The molecule has 7 rings (SSSR count). The zero-order valence-corrected chi connectivity index (χ0v) is 31.7. The largest absolute Gasteiger partial charge is 0.334 e. The Morgan fingerprint density at radius 1 is 0.509 bits per heavy atom. The van der Waals surface area contributed by atoms with Gasteiger partial charge in [0.25, 0.3) is 0 Å². The van der Waals surface area contributed by atoms with Gasteiger partial charge in [-0.15, -0.1) is 0 Å². The van der Waals surface area contributed by atoms with Crippen LogP contribution < -0.4 is 9.80 Å². The molecule has 5 aromatic carbocycles. The van der Waals surface area contributed by atoms with E-state index in [9.17, 15) is 0 Å². The number of hydrogen-bond acceptors (Lipinski definition) is 2. The van der Waals surface area contributed by atoms with Crippen LogP contribution in [0.5, 0.6) is 0 Å². The molecule has 5 aromatic rings. The number of aryl methyl sites for hydroxylation is 3. The topological polar surface area (TPSA) is 6.48 Å². The highest BCUT2D eigenvalue weighted by molar-refractivity contribution is 5.74. The van der Waals surface area contributed by atoms with Crippen molar-refractivity contribution in [3.05, 3.63) is 208 Å². The molecule has 0 aromatic heterocycles. The van der Waals surface area contributed by atoms with E-state index in [-0.39, 0.29) is 6.04 Å². The summed E-state index contributed by atoms with van der Waals surface area (Å²) in [6.45, 7) is 11.0. The van der Waals surface area contributed by atoms with Crippen LogP contribution in [-0.2, 0) is 0 Å². The standard InChI is InChI=1S/C51H50N2/c1-37-6-25-46(26-7-37)52(47-27-8-38(2)9-28-47)49-32-21-44(22-33-49)19-17-42-13-15-43(16-14-42)18-20-45-23-34-50(35-24-45)53(48-29-10-39(3)11-30-48)51-31-12-40(4)41(5)36-51/h6-32,34-35,41,49H,33,36H2,1-5H3. The van der Waals surface area contributed by atoms with Gasteiger partial charge in [-0.2, -0.15) is 0 Å². The molecule has 0 amide bonds. The summed E-state index contributed by atoms with van der Waals surface area (Å²) in [5, 5.41) is 0. The van der Waals surface area contributed by atoms with E-state index < -0.39 is 0 Å². The molecule has 0 N–H and O–H groups in total. The molecule has 0 spiro atoms. The van der Waals surface area contributed by atoms with Crippen LogP contribution in [0.4, 0.5) is 22.7 Å². The first kappa shape index (κ1) is 35.5. The molecule has 2 aliphatic carbocycles. The normalized spacial score (nSPS) is 17.1. The average molecular weight is 691 g/mol. The van der Waals surface area contributed by atoms with Crippen molar-refractivity contribution in [2.24, 2.45) is 5.92 Å². The van der Waals surface area contributed by atoms with Gasteiger partial charge in [0.15, 0.2) is 0 Å². The number of anilines is 4. The average Bonchev–Trinajstić information content (AvgIpc) is 3.18. The van der Waals surface area contributed by atoms with Crippen molar-refractivity contribution in [2.75, 3.05) is 9.80 Å². The summed E-state index contributed by atoms with van der Waals surface area (Å²) >= 11 is 0. The fourth-order valence-electron chi connectivity index (χ4n) is 7.00. The minimum absolute atomic E-state index is 0.256. The maximum atomic E-state index is 2.45. The molecule has 2 nitrogen and oxygen atoms in total. The first-order valence-corrected chi connectivity index (χ1v) is 18.9. The van der Waals surface area contributed by atoms with Gasteiger partial charge in [0.1, 0.15) is 0 Å². The quantitative estimate of drug-likeness (QED) is 0.135. The number of allylic oxidation sites excluding steroid dienone is 7.